The van der Waals surface area contributed by atoms with E-state index in [2.05, 4.69) is 30.1 Å². The van der Waals surface area contributed by atoms with Crippen molar-refractivity contribution in [2.45, 2.75) is 25.4 Å². The van der Waals surface area contributed by atoms with Crippen LogP contribution in [0, 0.1) is 5.92 Å². The molecule has 2 N–H and O–H groups in total. The molecule has 2 aliphatic rings. The van der Waals surface area contributed by atoms with E-state index in [1.165, 1.54) is 11.1 Å². The highest BCUT2D eigenvalue weighted by molar-refractivity contribution is 5.95. The molecule has 27 heavy (non-hydrogen) atoms. The van der Waals surface area contributed by atoms with E-state index in [1.54, 1.807) is 0 Å². The van der Waals surface area contributed by atoms with Crippen LogP contribution in [0.2, 0.25) is 0 Å². The van der Waals surface area contributed by atoms with E-state index in [0.29, 0.717) is 13.0 Å². The number of likely N-dealkylation sites (N-methyl/N-ethyl adjacent to an activating group) is 1. The Morgan fingerprint density at radius 1 is 1.22 bits per heavy atom. The molecule has 1 saturated heterocycles. The van der Waals surface area contributed by atoms with Crippen molar-refractivity contribution in [2.24, 2.45) is 5.92 Å². The lowest BCUT2D eigenvalue weighted by atomic mass is 10.0. The van der Waals surface area contributed by atoms with Crippen molar-refractivity contribution < 1.29 is 33.0 Å². The van der Waals surface area contributed by atoms with Gasteiger partial charge >= 0.3 is 12.1 Å². The first-order valence-corrected chi connectivity index (χ1v) is 8.63. The minimum Gasteiger partial charge on any atom is -0.475 e. The molecule has 0 bridgehead atoms. The van der Waals surface area contributed by atoms with Crippen molar-refractivity contribution in [3.05, 3.63) is 29.3 Å². The molecule has 0 spiro atoms. The van der Waals surface area contributed by atoms with Gasteiger partial charge in [0, 0.05) is 44.3 Å². The second kappa shape index (κ2) is 8.71. The number of aliphatic hydroxyl groups is 1. The molecule has 0 radical (unpaired) electrons. The molecule has 3 rings (SSSR count). The van der Waals surface area contributed by atoms with Gasteiger partial charge in [-0.05, 0) is 43.1 Å². The molecule has 1 unspecified atom stereocenters. The van der Waals surface area contributed by atoms with Crippen LogP contribution in [0.5, 0.6) is 0 Å². The van der Waals surface area contributed by atoms with Crippen LogP contribution in [0.4, 0.5) is 18.9 Å². The molecule has 0 aliphatic carbocycles. The van der Waals surface area contributed by atoms with Gasteiger partial charge in [0.2, 0.25) is 5.91 Å². The fourth-order valence-corrected chi connectivity index (χ4v) is 3.14. The molecule has 2 aliphatic heterocycles. The fourth-order valence-electron chi connectivity index (χ4n) is 3.14. The van der Waals surface area contributed by atoms with Gasteiger partial charge < -0.3 is 20.0 Å². The first-order valence-electron chi connectivity index (χ1n) is 8.63. The van der Waals surface area contributed by atoms with E-state index in [4.69, 9.17) is 9.90 Å². The maximum Gasteiger partial charge on any atom is 0.490 e. The van der Waals surface area contributed by atoms with E-state index < -0.39 is 12.1 Å². The summed E-state index contributed by atoms with van der Waals surface area (Å²) in [5, 5.41) is 16.3. The van der Waals surface area contributed by atoms with Gasteiger partial charge in [-0.25, -0.2) is 4.79 Å². The van der Waals surface area contributed by atoms with Crippen molar-refractivity contribution in [1.29, 1.82) is 0 Å². The number of nitrogens with zero attached hydrogens (tertiary/aromatic N) is 2. The summed E-state index contributed by atoms with van der Waals surface area (Å²) in [4.78, 5) is 25.1. The topological polar surface area (TPSA) is 81.1 Å². The smallest absolute Gasteiger partial charge is 0.475 e. The lowest BCUT2D eigenvalue weighted by Crippen LogP contribution is -2.25. The van der Waals surface area contributed by atoms with E-state index in [1.807, 2.05) is 4.90 Å². The number of aliphatic hydroxyl groups excluding tert-OH is 1. The number of benzene rings is 1. The quantitative estimate of drug-likeness (QED) is 0.806. The normalized spacial score (nSPS) is 20.6. The molecular weight excluding hydrogens is 365 g/mol. The predicted molar refractivity (Wildman–Crippen MR) is 92.6 cm³/mol. The molecule has 1 amide bonds. The Morgan fingerprint density at radius 3 is 2.33 bits per heavy atom. The van der Waals surface area contributed by atoms with Crippen molar-refractivity contribution in [1.82, 2.24) is 4.90 Å². The molecule has 1 aromatic carbocycles. The number of amides is 1. The second-order valence-corrected chi connectivity index (χ2v) is 6.82. The average Bonchev–Trinajstić information content (AvgIpc) is 2.88. The van der Waals surface area contributed by atoms with Gasteiger partial charge in [0.05, 0.1) is 0 Å². The molecule has 1 aromatic rings. The predicted octanol–water partition coefficient (Wildman–Crippen LogP) is 1.70. The van der Waals surface area contributed by atoms with Gasteiger partial charge in [-0.1, -0.05) is 6.07 Å². The number of anilines is 1. The Labute approximate surface area is 155 Å². The number of carboxylic acids is 1. The second-order valence-electron chi connectivity index (χ2n) is 6.82. The largest absolute Gasteiger partial charge is 0.490 e. The standard InChI is InChI=1S/C16H22N2O2.C2HF3O2/c1-17-6-4-13-2-3-15(9-14(13)5-7-17)18-10-12(11-19)8-16(18)20;3-2(4,5)1(6)7/h2-3,9,12,19H,4-8,10-11H2,1H3;(H,6,7). The minimum absolute atomic E-state index is 0.0902. The maximum atomic E-state index is 12.0. The van der Waals surface area contributed by atoms with Crippen LogP contribution >= 0.6 is 0 Å². The molecular formula is C18H23F3N2O4. The number of aliphatic carboxylic acids is 1. The van der Waals surface area contributed by atoms with E-state index >= 15 is 0 Å². The molecule has 0 saturated carbocycles. The van der Waals surface area contributed by atoms with Crippen LogP contribution in [0.3, 0.4) is 0 Å². The lowest BCUT2D eigenvalue weighted by Gasteiger charge is -2.18. The third kappa shape index (κ3) is 5.67. The van der Waals surface area contributed by atoms with Crippen LogP contribution in [0.1, 0.15) is 17.5 Å². The van der Waals surface area contributed by atoms with Crippen molar-refractivity contribution in [3.8, 4) is 0 Å². The number of hydrogen-bond acceptors (Lipinski definition) is 4. The number of fused-ring (bicyclic) bond motifs is 1. The Balaban J connectivity index is 0.000000321. The third-order valence-electron chi connectivity index (χ3n) is 4.73. The highest BCUT2D eigenvalue weighted by atomic mass is 19.4. The number of alkyl halides is 3. The lowest BCUT2D eigenvalue weighted by molar-refractivity contribution is -0.192. The van der Waals surface area contributed by atoms with Crippen LogP contribution in [0.15, 0.2) is 18.2 Å². The molecule has 1 atom stereocenters. The minimum atomic E-state index is -5.08. The molecule has 6 nitrogen and oxygen atoms in total. The van der Waals surface area contributed by atoms with Crippen LogP contribution in [0.25, 0.3) is 0 Å². The van der Waals surface area contributed by atoms with E-state index in [-0.39, 0.29) is 18.4 Å². The summed E-state index contributed by atoms with van der Waals surface area (Å²) in [5.74, 6) is -2.53. The van der Waals surface area contributed by atoms with Gasteiger partial charge in [-0.2, -0.15) is 13.2 Å². The summed E-state index contributed by atoms with van der Waals surface area (Å²) < 4.78 is 31.7. The van der Waals surface area contributed by atoms with Gasteiger partial charge in [0.25, 0.3) is 0 Å². The molecule has 9 heteroatoms. The Bertz CT molecular complexity index is 694. The first-order chi connectivity index (χ1) is 12.6. The Morgan fingerprint density at radius 2 is 1.81 bits per heavy atom. The number of halogens is 3. The summed E-state index contributed by atoms with van der Waals surface area (Å²) in [6.45, 7) is 2.91. The SMILES string of the molecule is CN1CCc2ccc(N3CC(CO)CC3=O)cc2CC1.O=C(O)C(F)(F)F. The zero-order valence-electron chi connectivity index (χ0n) is 15.0. The zero-order valence-corrected chi connectivity index (χ0v) is 15.0. The van der Waals surface area contributed by atoms with Gasteiger partial charge in [-0.3, -0.25) is 4.79 Å². The van der Waals surface area contributed by atoms with Gasteiger partial charge in [0.15, 0.2) is 0 Å². The Kier molecular flexibility index (Phi) is 6.83. The average molecular weight is 388 g/mol. The van der Waals surface area contributed by atoms with Crippen molar-refractivity contribution in [3.63, 3.8) is 0 Å². The Hall–Kier alpha value is -2.13. The zero-order chi connectivity index (χ0) is 20.2. The van der Waals surface area contributed by atoms with Crippen LogP contribution in [-0.2, 0) is 22.4 Å². The van der Waals surface area contributed by atoms with Crippen LogP contribution in [-0.4, -0.2) is 66.5 Å². The number of hydrogen-bond donors (Lipinski definition) is 2. The van der Waals surface area contributed by atoms with Gasteiger partial charge in [-0.15, -0.1) is 0 Å². The summed E-state index contributed by atoms with van der Waals surface area (Å²) in [7, 11) is 2.16. The van der Waals surface area contributed by atoms with Crippen LogP contribution < -0.4 is 4.90 Å². The molecule has 150 valence electrons. The summed E-state index contributed by atoms with van der Waals surface area (Å²) in [6, 6.07) is 6.40. The number of carbonyl (C=O) groups excluding carboxylic acids is 1. The molecule has 2 heterocycles. The molecule has 0 aromatic heterocycles. The van der Waals surface area contributed by atoms with Crippen molar-refractivity contribution >= 4 is 17.6 Å². The van der Waals surface area contributed by atoms with E-state index in [0.717, 1.165) is 31.6 Å². The van der Waals surface area contributed by atoms with Gasteiger partial charge in [0.1, 0.15) is 0 Å². The van der Waals surface area contributed by atoms with Crippen molar-refractivity contribution in [2.75, 3.05) is 38.2 Å². The molecule has 1 fully saturated rings. The number of rotatable bonds is 2. The first kappa shape index (κ1) is 21.2. The highest BCUT2D eigenvalue weighted by Gasteiger charge is 2.38. The monoisotopic (exact) mass is 388 g/mol. The fraction of sp³-hybridized carbons (Fsp3) is 0.556. The third-order valence-corrected chi connectivity index (χ3v) is 4.73. The summed E-state index contributed by atoms with van der Waals surface area (Å²) >= 11 is 0. The number of carboxylic acid groups (broad SMARTS) is 1. The highest BCUT2D eigenvalue weighted by Crippen LogP contribution is 2.28. The number of carbonyl (C=O) groups is 2. The maximum absolute atomic E-state index is 12.0. The summed E-state index contributed by atoms with van der Waals surface area (Å²) in [6.07, 6.45) is -2.49. The van der Waals surface area contributed by atoms with E-state index in [9.17, 15) is 23.1 Å². The summed E-state index contributed by atoms with van der Waals surface area (Å²) in [5.41, 5.74) is 3.77.